The molecular formula is C12H18ClN3O2S. The van der Waals surface area contributed by atoms with Crippen molar-refractivity contribution in [2.45, 2.75) is 38.6 Å². The maximum atomic E-state index is 12.3. The Morgan fingerprint density at radius 3 is 2.26 bits per heavy atom. The third kappa shape index (κ3) is 2.22. The zero-order valence-corrected chi connectivity index (χ0v) is 12.9. The number of hydrogen-bond donors (Lipinski definition) is 2. The van der Waals surface area contributed by atoms with E-state index in [0.717, 1.165) is 0 Å². The largest absolute Gasteiger partial charge is 0.382 e. The number of anilines is 1. The van der Waals surface area contributed by atoms with Gasteiger partial charge in [0.2, 0.25) is 10.0 Å². The van der Waals surface area contributed by atoms with Gasteiger partial charge in [0, 0.05) is 12.2 Å². The molecule has 0 spiro atoms. The third-order valence-electron chi connectivity index (χ3n) is 4.45. The van der Waals surface area contributed by atoms with E-state index in [4.69, 9.17) is 17.3 Å². The Labute approximate surface area is 118 Å². The fourth-order valence-electron chi connectivity index (χ4n) is 2.29. The Balaban J connectivity index is 2.28. The first kappa shape index (κ1) is 14.6. The molecule has 3 N–H and O–H groups in total. The molecule has 0 atom stereocenters. The van der Waals surface area contributed by atoms with Crippen LogP contribution in [0.4, 0.5) is 5.82 Å². The normalized spacial score (nSPS) is 21.3. The minimum absolute atomic E-state index is 0.0326. The summed E-state index contributed by atoms with van der Waals surface area (Å²) in [4.78, 5) is 3.80. The lowest BCUT2D eigenvalue weighted by molar-refractivity contribution is 0.457. The first-order chi connectivity index (χ1) is 8.50. The molecule has 0 aliphatic heterocycles. The number of sulfonamides is 1. The van der Waals surface area contributed by atoms with Crippen molar-refractivity contribution in [3.63, 3.8) is 0 Å². The molecule has 0 saturated heterocycles. The number of rotatable bonds is 3. The van der Waals surface area contributed by atoms with Crippen LogP contribution in [0.15, 0.2) is 17.2 Å². The van der Waals surface area contributed by atoms with E-state index in [2.05, 4.69) is 9.71 Å². The van der Waals surface area contributed by atoms with Gasteiger partial charge in [-0.15, -0.1) is 0 Å². The second-order valence-corrected chi connectivity index (χ2v) is 8.16. The molecule has 106 valence electrons. The van der Waals surface area contributed by atoms with E-state index in [0.29, 0.717) is 0 Å². The van der Waals surface area contributed by atoms with Crippen LogP contribution in [0.5, 0.6) is 0 Å². The van der Waals surface area contributed by atoms with E-state index in [9.17, 15) is 8.42 Å². The quantitative estimate of drug-likeness (QED) is 0.894. The molecule has 1 saturated carbocycles. The number of nitrogen functional groups attached to an aromatic ring is 1. The molecule has 1 aliphatic rings. The molecule has 19 heavy (non-hydrogen) atoms. The average molecular weight is 304 g/mol. The monoisotopic (exact) mass is 303 g/mol. The molecular weight excluding hydrogens is 286 g/mol. The number of nitrogens with two attached hydrogens (primary N) is 1. The summed E-state index contributed by atoms with van der Waals surface area (Å²) in [5, 5.41) is 0.136. The molecule has 1 aliphatic carbocycles. The summed E-state index contributed by atoms with van der Waals surface area (Å²) in [6, 6.07) is 1.20. The van der Waals surface area contributed by atoms with Gasteiger partial charge in [-0.25, -0.2) is 18.1 Å². The zero-order valence-electron chi connectivity index (χ0n) is 11.4. The lowest BCUT2D eigenvalue weighted by Gasteiger charge is -2.08. The number of nitrogens with zero attached hydrogens (tertiary/aromatic N) is 1. The van der Waals surface area contributed by atoms with Crippen LogP contribution in [-0.4, -0.2) is 19.4 Å². The van der Waals surface area contributed by atoms with Crippen molar-refractivity contribution >= 4 is 27.4 Å². The minimum Gasteiger partial charge on any atom is -0.382 e. The minimum atomic E-state index is -3.63. The first-order valence-electron chi connectivity index (χ1n) is 5.93. The first-order valence-corrected chi connectivity index (χ1v) is 7.79. The summed E-state index contributed by atoms with van der Waals surface area (Å²) in [6.07, 6.45) is 1.21. The van der Waals surface area contributed by atoms with Gasteiger partial charge < -0.3 is 5.73 Å². The highest BCUT2D eigenvalue weighted by Crippen LogP contribution is 2.62. The number of hydrogen-bond acceptors (Lipinski definition) is 4. The lowest BCUT2D eigenvalue weighted by Crippen LogP contribution is -2.30. The smallest absolute Gasteiger partial charge is 0.242 e. The third-order valence-corrected chi connectivity index (χ3v) is 6.14. The predicted octanol–water partition coefficient (Wildman–Crippen LogP) is 2.03. The number of pyridine rings is 1. The summed E-state index contributed by atoms with van der Waals surface area (Å²) in [6.45, 7) is 8.14. The summed E-state index contributed by atoms with van der Waals surface area (Å²) < 4.78 is 27.2. The van der Waals surface area contributed by atoms with Crippen LogP contribution < -0.4 is 10.5 Å². The Morgan fingerprint density at radius 2 is 1.84 bits per heavy atom. The van der Waals surface area contributed by atoms with E-state index >= 15 is 0 Å². The van der Waals surface area contributed by atoms with Crippen molar-refractivity contribution in [1.29, 1.82) is 0 Å². The van der Waals surface area contributed by atoms with Crippen LogP contribution in [0.1, 0.15) is 27.7 Å². The maximum Gasteiger partial charge on any atom is 0.242 e. The highest BCUT2D eigenvalue weighted by Gasteiger charge is 2.66. The molecule has 7 heteroatoms. The van der Waals surface area contributed by atoms with Gasteiger partial charge in [-0.3, -0.25) is 0 Å². The zero-order chi connectivity index (χ0) is 14.6. The van der Waals surface area contributed by atoms with Crippen LogP contribution in [0.3, 0.4) is 0 Å². The van der Waals surface area contributed by atoms with Gasteiger partial charge in [0.25, 0.3) is 0 Å². The van der Waals surface area contributed by atoms with Gasteiger partial charge in [-0.1, -0.05) is 39.3 Å². The second-order valence-electron chi connectivity index (χ2n) is 6.04. The number of nitrogens with one attached hydrogen (secondary N) is 1. The van der Waals surface area contributed by atoms with E-state index in [1.165, 1.54) is 12.3 Å². The van der Waals surface area contributed by atoms with Crippen molar-refractivity contribution in [3.05, 3.63) is 17.3 Å². The van der Waals surface area contributed by atoms with Gasteiger partial charge in [0.15, 0.2) is 0 Å². The van der Waals surface area contributed by atoms with Gasteiger partial charge in [0.1, 0.15) is 10.7 Å². The Hall–Kier alpha value is -0.850. The molecule has 2 rings (SSSR count). The Kier molecular flexibility index (Phi) is 3.12. The average Bonchev–Trinajstić information content (AvgIpc) is 2.64. The van der Waals surface area contributed by atoms with E-state index in [1.807, 2.05) is 27.7 Å². The molecule has 1 fully saturated rings. The molecule has 1 aromatic heterocycles. The highest BCUT2D eigenvalue weighted by atomic mass is 35.5. The van der Waals surface area contributed by atoms with E-state index < -0.39 is 10.0 Å². The standard InChI is InChI=1S/C12H18ClN3O2S/c1-11(2)10(12(11,3)4)16-19(17,18)7-5-8(13)9(14)15-6-7/h5-6,10,16H,1-4H3,(H2,14,15). The van der Waals surface area contributed by atoms with Crippen molar-refractivity contribution in [1.82, 2.24) is 9.71 Å². The second kappa shape index (κ2) is 4.07. The van der Waals surface area contributed by atoms with Crippen molar-refractivity contribution < 1.29 is 8.42 Å². The van der Waals surface area contributed by atoms with Crippen LogP contribution in [0.2, 0.25) is 5.02 Å². The van der Waals surface area contributed by atoms with E-state index in [-0.39, 0.29) is 32.6 Å². The van der Waals surface area contributed by atoms with Crippen LogP contribution in [0.25, 0.3) is 0 Å². The maximum absolute atomic E-state index is 12.3. The fourth-order valence-corrected chi connectivity index (χ4v) is 4.02. The molecule has 1 aromatic rings. The van der Waals surface area contributed by atoms with Crippen molar-refractivity contribution in [2.75, 3.05) is 5.73 Å². The van der Waals surface area contributed by atoms with Crippen LogP contribution in [0, 0.1) is 10.8 Å². The highest BCUT2D eigenvalue weighted by molar-refractivity contribution is 7.89. The molecule has 0 unspecified atom stereocenters. The summed E-state index contributed by atoms with van der Waals surface area (Å²) >= 11 is 5.80. The number of aromatic nitrogens is 1. The molecule has 0 aromatic carbocycles. The summed E-state index contributed by atoms with van der Waals surface area (Å²) in [5.74, 6) is 0.118. The number of halogens is 1. The van der Waals surface area contributed by atoms with Gasteiger partial charge in [-0.2, -0.15) is 0 Å². The van der Waals surface area contributed by atoms with Crippen molar-refractivity contribution in [2.24, 2.45) is 10.8 Å². The summed E-state index contributed by atoms with van der Waals surface area (Å²) in [5.41, 5.74) is 5.32. The Bertz CT molecular complexity index is 612. The van der Waals surface area contributed by atoms with Crippen molar-refractivity contribution in [3.8, 4) is 0 Å². The summed E-state index contributed by atoms with van der Waals surface area (Å²) in [7, 11) is -3.63. The van der Waals surface area contributed by atoms with E-state index in [1.54, 1.807) is 0 Å². The molecule has 0 radical (unpaired) electrons. The van der Waals surface area contributed by atoms with Crippen LogP contribution in [-0.2, 0) is 10.0 Å². The predicted molar refractivity (Wildman–Crippen MR) is 75.3 cm³/mol. The van der Waals surface area contributed by atoms with Crippen LogP contribution >= 0.6 is 11.6 Å². The topological polar surface area (TPSA) is 85.1 Å². The van der Waals surface area contributed by atoms with Gasteiger partial charge >= 0.3 is 0 Å². The van der Waals surface area contributed by atoms with Gasteiger partial charge in [0.05, 0.1) is 5.02 Å². The SMILES string of the molecule is CC1(C)C(NS(=O)(=O)c2cnc(N)c(Cl)c2)C1(C)C. The molecule has 1 heterocycles. The van der Waals surface area contributed by atoms with Gasteiger partial charge in [-0.05, 0) is 16.9 Å². The molecule has 5 nitrogen and oxygen atoms in total. The molecule has 0 bridgehead atoms. The molecule has 0 amide bonds. The lowest BCUT2D eigenvalue weighted by atomic mass is 10.0. The Morgan fingerprint density at radius 1 is 1.32 bits per heavy atom. The fraction of sp³-hybridized carbons (Fsp3) is 0.583.